The second-order valence-corrected chi connectivity index (χ2v) is 11.1. The number of phenolic OH excluding ortho intramolecular Hbond substituents is 1. The van der Waals surface area contributed by atoms with Crippen LogP contribution in [-0.4, -0.2) is 68.0 Å². The van der Waals surface area contributed by atoms with Crippen LogP contribution in [0.3, 0.4) is 0 Å². The number of carbonyl (C=O) groups is 1. The van der Waals surface area contributed by atoms with Gasteiger partial charge in [-0.15, -0.1) is 0 Å². The van der Waals surface area contributed by atoms with Crippen LogP contribution in [0.1, 0.15) is 24.0 Å². The summed E-state index contributed by atoms with van der Waals surface area (Å²) in [7, 11) is 3.54. The van der Waals surface area contributed by atoms with E-state index in [1.807, 2.05) is 11.9 Å². The Labute approximate surface area is 278 Å². The molecule has 1 amide bonds. The summed E-state index contributed by atoms with van der Waals surface area (Å²) < 4.78 is 29.2. The van der Waals surface area contributed by atoms with Crippen LogP contribution in [-0.2, 0) is 20.9 Å². The number of nitrogens with one attached hydrogen (secondary N) is 2. The van der Waals surface area contributed by atoms with Crippen molar-refractivity contribution in [1.29, 1.82) is 5.26 Å². The Morgan fingerprint density at radius 3 is 2.70 bits per heavy atom. The molecule has 0 aliphatic carbocycles. The van der Waals surface area contributed by atoms with Gasteiger partial charge >= 0.3 is 0 Å². The Morgan fingerprint density at radius 1 is 1.21 bits per heavy atom. The van der Waals surface area contributed by atoms with E-state index >= 15 is 0 Å². The number of halogens is 2. The summed E-state index contributed by atoms with van der Waals surface area (Å²) >= 11 is 6.46. The molecule has 4 aromatic rings. The molecule has 1 aliphatic heterocycles. The van der Waals surface area contributed by atoms with E-state index in [0.29, 0.717) is 58.3 Å². The lowest BCUT2D eigenvalue weighted by Gasteiger charge is -2.15. The topological polar surface area (TPSA) is 129 Å². The van der Waals surface area contributed by atoms with Gasteiger partial charge in [-0.1, -0.05) is 29.8 Å². The number of nitriles is 1. The maximum absolute atomic E-state index is 13.5. The van der Waals surface area contributed by atoms with Gasteiger partial charge < -0.3 is 34.9 Å². The molecule has 1 aromatic heterocycles. The van der Waals surface area contributed by atoms with E-state index in [2.05, 4.69) is 21.7 Å². The predicted octanol–water partition coefficient (Wildman–Crippen LogP) is 6.80. The summed E-state index contributed by atoms with van der Waals surface area (Å²) in [6.45, 7) is 3.97. The van der Waals surface area contributed by atoms with Gasteiger partial charge in [-0.3, -0.25) is 9.78 Å². The zero-order valence-corrected chi connectivity index (χ0v) is 27.0. The highest BCUT2D eigenvalue weighted by Gasteiger charge is 2.15. The zero-order chi connectivity index (χ0) is 33.6. The second kappa shape index (κ2) is 17.8. The lowest BCUT2D eigenvalue weighted by atomic mass is 10.1. The van der Waals surface area contributed by atoms with Crippen molar-refractivity contribution in [2.75, 3.05) is 57.7 Å². The molecule has 0 bridgehead atoms. The fourth-order valence-corrected chi connectivity index (χ4v) is 4.77. The average Bonchev–Trinajstić information content (AvgIpc) is 3.65. The van der Waals surface area contributed by atoms with Gasteiger partial charge in [0, 0.05) is 62.8 Å². The highest BCUT2D eigenvalue weighted by Crippen LogP contribution is 2.37. The number of rotatable bonds is 12. The fourth-order valence-electron chi connectivity index (χ4n) is 4.54. The zero-order valence-electron chi connectivity index (χ0n) is 26.3. The summed E-state index contributed by atoms with van der Waals surface area (Å²) in [5.74, 6) is -0.551. The van der Waals surface area contributed by atoms with Crippen molar-refractivity contribution in [3.05, 3.63) is 94.9 Å². The quantitative estimate of drug-likeness (QED) is 0.111. The maximum atomic E-state index is 13.5. The predicted molar refractivity (Wildman–Crippen MR) is 181 cm³/mol. The van der Waals surface area contributed by atoms with Crippen LogP contribution in [0, 0.1) is 17.1 Å². The third kappa shape index (κ3) is 10.7. The third-order valence-corrected chi connectivity index (χ3v) is 7.33. The van der Waals surface area contributed by atoms with Gasteiger partial charge in [-0.2, -0.15) is 5.26 Å². The first-order valence-corrected chi connectivity index (χ1v) is 15.4. The number of anilines is 3. The molecule has 0 saturated carbocycles. The standard InChI is InChI=1S/C31H29ClFN5O4.C4H8O/c1-38(11-12-41-2)10-4-7-30(40)37-27-15-24-26(16-28(27)39)35-18-21(17-34)31(24)36-23-8-9-29(25(32)14-23)42-19-20-5-3-6-22(33)13-20;1-2-4-5-3-1/h3-9,13-16,18,39H,10-12,19H2,1-2H3,(H,35,36)(H,37,40);1-4H2/b7-4+;. The molecule has 0 unspecified atom stereocenters. The Hall–Kier alpha value is -4.73. The monoisotopic (exact) mass is 661 g/mol. The molecule has 246 valence electrons. The van der Waals surface area contributed by atoms with E-state index in [1.54, 1.807) is 49.6 Å². The van der Waals surface area contributed by atoms with Crippen molar-refractivity contribution in [3.63, 3.8) is 0 Å². The van der Waals surface area contributed by atoms with Crippen molar-refractivity contribution in [3.8, 4) is 17.6 Å². The summed E-state index contributed by atoms with van der Waals surface area (Å²) in [6.07, 6.45) is 7.04. The normalized spacial score (nSPS) is 12.5. The first kappa shape index (κ1) is 35.1. The van der Waals surface area contributed by atoms with Gasteiger partial charge in [0.05, 0.1) is 34.1 Å². The van der Waals surface area contributed by atoms with Crippen LogP contribution in [0.5, 0.6) is 11.5 Å². The highest BCUT2D eigenvalue weighted by molar-refractivity contribution is 6.32. The Morgan fingerprint density at radius 2 is 2.02 bits per heavy atom. The van der Waals surface area contributed by atoms with Crippen LogP contribution in [0.4, 0.5) is 21.5 Å². The number of aromatic nitrogens is 1. The number of hydrogen-bond acceptors (Lipinski definition) is 9. The van der Waals surface area contributed by atoms with E-state index in [-0.39, 0.29) is 29.4 Å². The number of ether oxygens (including phenoxy) is 3. The first-order valence-electron chi connectivity index (χ1n) is 15.0. The minimum Gasteiger partial charge on any atom is -0.506 e. The number of phenols is 1. The Balaban J connectivity index is 0.000000912. The molecule has 1 saturated heterocycles. The smallest absolute Gasteiger partial charge is 0.248 e. The number of likely N-dealkylation sites (N-methyl/N-ethyl adjacent to an activating group) is 1. The molecule has 1 fully saturated rings. The summed E-state index contributed by atoms with van der Waals surface area (Å²) in [4.78, 5) is 18.8. The number of pyridine rings is 1. The highest BCUT2D eigenvalue weighted by atomic mass is 35.5. The van der Waals surface area contributed by atoms with Crippen molar-refractivity contribution in [2.24, 2.45) is 0 Å². The molecule has 12 heteroatoms. The fraction of sp³-hybridized carbons (Fsp3) is 0.286. The van der Waals surface area contributed by atoms with Gasteiger partial charge in [0.25, 0.3) is 0 Å². The first-order chi connectivity index (χ1) is 22.8. The Kier molecular flexibility index (Phi) is 13.3. The SMILES string of the molecule is C1CCOC1.COCCN(C)C/C=C/C(=O)Nc1cc2c(Nc3ccc(OCc4cccc(F)c4)c(Cl)c3)c(C#N)cnc2cc1O. The second-order valence-electron chi connectivity index (χ2n) is 10.7. The minimum atomic E-state index is -0.427. The summed E-state index contributed by atoms with van der Waals surface area (Å²) in [5, 5.41) is 27.0. The number of amides is 1. The van der Waals surface area contributed by atoms with E-state index in [9.17, 15) is 19.6 Å². The van der Waals surface area contributed by atoms with Crippen LogP contribution < -0.4 is 15.4 Å². The van der Waals surface area contributed by atoms with Crippen molar-refractivity contribution < 1.29 is 28.5 Å². The molecule has 2 heterocycles. The molecule has 1 aliphatic rings. The molecule has 47 heavy (non-hydrogen) atoms. The van der Waals surface area contributed by atoms with E-state index in [1.165, 1.54) is 43.3 Å². The lowest BCUT2D eigenvalue weighted by molar-refractivity contribution is -0.111. The molecule has 0 radical (unpaired) electrons. The van der Waals surface area contributed by atoms with Crippen molar-refractivity contribution in [1.82, 2.24) is 9.88 Å². The van der Waals surface area contributed by atoms with Crippen LogP contribution in [0.2, 0.25) is 5.02 Å². The molecule has 5 rings (SSSR count). The van der Waals surface area contributed by atoms with Gasteiger partial charge in [-0.25, -0.2) is 4.39 Å². The summed E-state index contributed by atoms with van der Waals surface area (Å²) in [5.41, 5.74) is 2.43. The maximum Gasteiger partial charge on any atom is 0.248 e. The molecule has 3 N–H and O–H groups in total. The molecular weight excluding hydrogens is 625 g/mol. The van der Waals surface area contributed by atoms with E-state index in [4.69, 9.17) is 25.8 Å². The molecule has 0 spiro atoms. The van der Waals surface area contributed by atoms with Crippen LogP contribution >= 0.6 is 11.6 Å². The van der Waals surface area contributed by atoms with Gasteiger partial charge in [0.15, 0.2) is 0 Å². The largest absolute Gasteiger partial charge is 0.506 e. The van der Waals surface area contributed by atoms with Gasteiger partial charge in [0.1, 0.15) is 30.0 Å². The number of carbonyl (C=O) groups excluding carboxylic acids is 1. The Bertz CT molecular complexity index is 1730. The van der Waals surface area contributed by atoms with Gasteiger partial charge in [-0.05, 0) is 61.9 Å². The molecular formula is C35H37ClFN5O5. The molecule has 3 aromatic carbocycles. The number of benzene rings is 3. The average molecular weight is 662 g/mol. The van der Waals surface area contributed by atoms with Crippen LogP contribution in [0.25, 0.3) is 10.9 Å². The third-order valence-electron chi connectivity index (χ3n) is 7.04. The number of hydrogen-bond donors (Lipinski definition) is 3. The number of fused-ring (bicyclic) bond motifs is 1. The van der Waals surface area contributed by atoms with E-state index < -0.39 is 5.91 Å². The van der Waals surface area contributed by atoms with E-state index in [0.717, 1.165) is 13.2 Å². The number of aromatic hydroxyl groups is 1. The number of methoxy groups -OCH3 is 1. The molecule has 10 nitrogen and oxygen atoms in total. The van der Waals surface area contributed by atoms with Crippen LogP contribution in [0.15, 0.2) is 72.9 Å². The summed E-state index contributed by atoms with van der Waals surface area (Å²) in [6, 6.07) is 16.2. The molecule has 0 atom stereocenters. The van der Waals surface area contributed by atoms with Crippen molar-refractivity contribution >= 4 is 45.5 Å². The van der Waals surface area contributed by atoms with Crippen molar-refractivity contribution in [2.45, 2.75) is 19.4 Å². The minimum absolute atomic E-state index is 0.134. The van der Waals surface area contributed by atoms with Gasteiger partial charge in [0.2, 0.25) is 5.91 Å². The lowest BCUT2D eigenvalue weighted by Crippen LogP contribution is -2.23. The number of nitrogens with zero attached hydrogens (tertiary/aromatic N) is 3.